The molecule has 1 aromatic rings. The molecule has 1 saturated heterocycles. The minimum Gasteiger partial charge on any atom is -0.371 e. The number of anilines is 1. The molecule has 0 atom stereocenters. The van der Waals surface area contributed by atoms with Gasteiger partial charge in [0.05, 0.1) is 0 Å². The molecule has 2 heteroatoms. The first kappa shape index (κ1) is 14.1. The van der Waals surface area contributed by atoms with Gasteiger partial charge in [-0.2, -0.15) is 0 Å². The molecule has 0 N–H and O–H groups in total. The number of hydrogen-bond acceptors (Lipinski definition) is 2. The summed E-state index contributed by atoms with van der Waals surface area (Å²) >= 11 is 0. The Morgan fingerprint density at radius 1 is 1.11 bits per heavy atom. The lowest BCUT2D eigenvalue weighted by atomic mass is 10.0. The second-order valence-corrected chi connectivity index (χ2v) is 5.37. The zero-order valence-electron chi connectivity index (χ0n) is 12.4. The molecule has 2 rings (SSSR count). The van der Waals surface area contributed by atoms with E-state index in [1.54, 1.807) is 0 Å². The molecule has 0 aliphatic carbocycles. The lowest BCUT2D eigenvalue weighted by Crippen LogP contribution is -2.27. The van der Waals surface area contributed by atoms with Crippen LogP contribution in [0, 0.1) is 6.92 Å². The fourth-order valence-corrected chi connectivity index (χ4v) is 2.80. The molecule has 1 heterocycles. The molecule has 104 valence electrons. The van der Waals surface area contributed by atoms with Crippen LogP contribution in [-0.4, -0.2) is 25.8 Å². The number of rotatable bonds is 3. The lowest BCUT2D eigenvalue weighted by Gasteiger charge is -2.28. The van der Waals surface area contributed by atoms with Gasteiger partial charge in [-0.05, 0) is 43.9 Å². The quantitative estimate of drug-likeness (QED) is 0.742. The van der Waals surface area contributed by atoms with Crippen LogP contribution in [0.25, 0.3) is 0 Å². The number of benzene rings is 1. The third-order valence-corrected chi connectivity index (χ3v) is 3.96. The maximum absolute atomic E-state index is 4.38. The topological polar surface area (TPSA) is 15.6 Å². The van der Waals surface area contributed by atoms with Crippen LogP contribution < -0.4 is 4.90 Å². The fraction of sp³-hybridized carbons (Fsp3) is 0.588. The summed E-state index contributed by atoms with van der Waals surface area (Å²) in [5.41, 5.74) is 4.05. The van der Waals surface area contributed by atoms with E-state index in [1.165, 1.54) is 62.0 Å². The summed E-state index contributed by atoms with van der Waals surface area (Å²) in [6.45, 7) is 7.57. The first-order valence-electron chi connectivity index (χ1n) is 7.67. The molecule has 0 bridgehead atoms. The Bertz CT molecular complexity index is 415. The molecule has 0 amide bonds. The van der Waals surface area contributed by atoms with Crippen molar-refractivity contribution in [2.45, 2.75) is 46.0 Å². The molecular weight excluding hydrogens is 232 g/mol. The van der Waals surface area contributed by atoms with Gasteiger partial charge >= 0.3 is 0 Å². The normalized spacial score (nSPS) is 17.5. The van der Waals surface area contributed by atoms with E-state index in [2.05, 4.69) is 41.9 Å². The Morgan fingerprint density at radius 3 is 2.47 bits per heavy atom. The maximum atomic E-state index is 4.38. The fourth-order valence-electron chi connectivity index (χ4n) is 2.80. The van der Waals surface area contributed by atoms with E-state index in [0.717, 1.165) is 6.54 Å². The van der Waals surface area contributed by atoms with Crippen molar-refractivity contribution in [3.63, 3.8) is 0 Å². The summed E-state index contributed by atoms with van der Waals surface area (Å²) in [7, 11) is 0. The van der Waals surface area contributed by atoms with Gasteiger partial charge in [0.15, 0.2) is 0 Å². The van der Waals surface area contributed by atoms with Crippen molar-refractivity contribution < 1.29 is 0 Å². The van der Waals surface area contributed by atoms with Gasteiger partial charge in [0.2, 0.25) is 0 Å². The molecule has 1 aromatic carbocycles. The van der Waals surface area contributed by atoms with Gasteiger partial charge in [0.25, 0.3) is 0 Å². The average molecular weight is 258 g/mol. The van der Waals surface area contributed by atoms with Crippen LogP contribution in [0.15, 0.2) is 23.2 Å². The monoisotopic (exact) mass is 258 g/mol. The number of nitrogens with zero attached hydrogens (tertiary/aromatic N) is 2. The predicted molar refractivity (Wildman–Crippen MR) is 84.6 cm³/mol. The Hall–Kier alpha value is -1.31. The second kappa shape index (κ2) is 7.32. The third-order valence-electron chi connectivity index (χ3n) is 3.96. The van der Waals surface area contributed by atoms with E-state index < -0.39 is 0 Å². The zero-order chi connectivity index (χ0) is 13.5. The first-order valence-corrected chi connectivity index (χ1v) is 7.67. The van der Waals surface area contributed by atoms with Crippen LogP contribution in [0.1, 0.15) is 50.2 Å². The van der Waals surface area contributed by atoms with Crippen LogP contribution in [0.5, 0.6) is 0 Å². The summed E-state index contributed by atoms with van der Waals surface area (Å²) in [5, 5.41) is 0. The molecule has 1 fully saturated rings. The third kappa shape index (κ3) is 3.82. The highest BCUT2D eigenvalue weighted by molar-refractivity contribution is 5.84. The Labute approximate surface area is 117 Å². The van der Waals surface area contributed by atoms with Crippen molar-refractivity contribution in [1.82, 2.24) is 0 Å². The number of aliphatic imine (C=N–C) groups is 1. The summed E-state index contributed by atoms with van der Waals surface area (Å²) in [6, 6.07) is 6.60. The Morgan fingerprint density at radius 2 is 1.79 bits per heavy atom. The highest BCUT2D eigenvalue weighted by atomic mass is 15.1. The molecule has 2 nitrogen and oxygen atoms in total. The largest absolute Gasteiger partial charge is 0.371 e. The van der Waals surface area contributed by atoms with E-state index in [4.69, 9.17) is 0 Å². The SMILES string of the molecule is CC/N=C\c1cccc(N2CCCCCCC2)c1C. The van der Waals surface area contributed by atoms with Crippen LogP contribution in [0.4, 0.5) is 5.69 Å². The van der Waals surface area contributed by atoms with Crippen LogP contribution in [0.3, 0.4) is 0 Å². The molecule has 0 radical (unpaired) electrons. The predicted octanol–water partition coefficient (Wildman–Crippen LogP) is 4.20. The van der Waals surface area contributed by atoms with Gasteiger partial charge in [-0.25, -0.2) is 0 Å². The minimum absolute atomic E-state index is 0.855. The van der Waals surface area contributed by atoms with Crippen LogP contribution in [-0.2, 0) is 0 Å². The van der Waals surface area contributed by atoms with E-state index in [1.807, 2.05) is 6.21 Å². The molecule has 0 saturated carbocycles. The Kier molecular flexibility index (Phi) is 5.44. The zero-order valence-corrected chi connectivity index (χ0v) is 12.4. The second-order valence-electron chi connectivity index (χ2n) is 5.37. The molecule has 1 aliphatic heterocycles. The average Bonchev–Trinajstić information content (AvgIpc) is 2.38. The van der Waals surface area contributed by atoms with E-state index in [0.29, 0.717) is 0 Å². The molecule has 0 unspecified atom stereocenters. The highest BCUT2D eigenvalue weighted by Gasteiger charge is 2.12. The lowest BCUT2D eigenvalue weighted by molar-refractivity contribution is 0.556. The molecule has 1 aliphatic rings. The summed E-state index contributed by atoms with van der Waals surface area (Å²) in [6.07, 6.45) is 8.84. The van der Waals surface area contributed by atoms with Gasteiger partial charge in [-0.1, -0.05) is 31.4 Å². The van der Waals surface area contributed by atoms with E-state index in [9.17, 15) is 0 Å². The Balaban J connectivity index is 2.20. The molecular formula is C17H26N2. The summed E-state index contributed by atoms with van der Waals surface area (Å²) < 4.78 is 0. The van der Waals surface area contributed by atoms with Gasteiger partial charge in [-0.15, -0.1) is 0 Å². The summed E-state index contributed by atoms with van der Waals surface area (Å²) in [5.74, 6) is 0. The van der Waals surface area contributed by atoms with Gasteiger partial charge in [0, 0.05) is 31.5 Å². The van der Waals surface area contributed by atoms with Crippen molar-refractivity contribution in [2.75, 3.05) is 24.5 Å². The van der Waals surface area contributed by atoms with Crippen LogP contribution in [0.2, 0.25) is 0 Å². The van der Waals surface area contributed by atoms with E-state index in [-0.39, 0.29) is 0 Å². The van der Waals surface area contributed by atoms with Gasteiger partial charge < -0.3 is 4.90 Å². The summed E-state index contributed by atoms with van der Waals surface area (Å²) in [4.78, 5) is 6.95. The van der Waals surface area contributed by atoms with Gasteiger partial charge in [0.1, 0.15) is 0 Å². The van der Waals surface area contributed by atoms with Crippen LogP contribution >= 0.6 is 0 Å². The van der Waals surface area contributed by atoms with E-state index >= 15 is 0 Å². The van der Waals surface area contributed by atoms with Gasteiger partial charge in [-0.3, -0.25) is 4.99 Å². The standard InChI is InChI=1S/C17H26N2/c1-3-18-14-16-10-9-11-17(15(16)2)19-12-7-5-4-6-8-13-19/h9-11,14H,3-8,12-13H2,1-2H3/b18-14-. The first-order chi connectivity index (χ1) is 9.33. The molecule has 0 spiro atoms. The van der Waals surface area contributed by atoms with Crippen molar-refractivity contribution in [1.29, 1.82) is 0 Å². The van der Waals surface area contributed by atoms with Crippen molar-refractivity contribution in [3.05, 3.63) is 29.3 Å². The smallest absolute Gasteiger partial charge is 0.0402 e. The molecule has 19 heavy (non-hydrogen) atoms. The van der Waals surface area contributed by atoms with Crippen molar-refractivity contribution in [3.8, 4) is 0 Å². The van der Waals surface area contributed by atoms with Crippen molar-refractivity contribution >= 4 is 11.9 Å². The number of hydrogen-bond donors (Lipinski definition) is 0. The maximum Gasteiger partial charge on any atom is 0.0402 e. The van der Waals surface area contributed by atoms with Crippen molar-refractivity contribution in [2.24, 2.45) is 4.99 Å². The molecule has 0 aromatic heterocycles. The minimum atomic E-state index is 0.855. The highest BCUT2D eigenvalue weighted by Crippen LogP contribution is 2.25.